The van der Waals surface area contributed by atoms with Gasteiger partial charge in [-0.05, 0) is 36.4 Å². The SMILES string of the molecule is O=c1c2c(Cl)cccc2nc(C(CO)Nc2ncnc3nc[nH]c23)n1Nc1ccc(F)cc1. The molecule has 0 aliphatic heterocycles. The number of fused-ring (bicyclic) bond motifs is 2. The lowest BCUT2D eigenvalue weighted by Crippen LogP contribution is -2.35. The van der Waals surface area contributed by atoms with E-state index in [1.807, 2.05) is 0 Å². The molecule has 0 aliphatic rings. The molecule has 5 rings (SSSR count). The Bertz CT molecular complexity index is 1520. The third-order valence-electron chi connectivity index (χ3n) is 4.99. The number of H-pyrrole nitrogens is 1. The molecule has 3 aromatic heterocycles. The minimum Gasteiger partial charge on any atom is -0.394 e. The van der Waals surface area contributed by atoms with Crippen LogP contribution < -0.4 is 16.3 Å². The number of halogens is 2. The first-order valence-electron chi connectivity index (χ1n) is 9.80. The first-order valence-corrected chi connectivity index (χ1v) is 10.2. The van der Waals surface area contributed by atoms with Crippen LogP contribution in [0.1, 0.15) is 11.9 Å². The number of aromatic amines is 1. The smallest absolute Gasteiger partial charge is 0.281 e. The highest BCUT2D eigenvalue weighted by Gasteiger charge is 2.23. The number of aromatic nitrogens is 6. The van der Waals surface area contributed by atoms with Crippen molar-refractivity contribution in [1.29, 1.82) is 0 Å². The van der Waals surface area contributed by atoms with Crippen molar-refractivity contribution in [2.45, 2.75) is 6.04 Å². The summed E-state index contributed by atoms with van der Waals surface area (Å²) in [5, 5.41) is 13.7. The lowest BCUT2D eigenvalue weighted by molar-refractivity contribution is 0.270. The van der Waals surface area contributed by atoms with E-state index in [0.717, 1.165) is 0 Å². The lowest BCUT2D eigenvalue weighted by atomic mass is 10.2. The van der Waals surface area contributed by atoms with Gasteiger partial charge in [-0.15, -0.1) is 0 Å². The molecule has 0 saturated carbocycles. The van der Waals surface area contributed by atoms with Gasteiger partial charge < -0.3 is 15.4 Å². The van der Waals surface area contributed by atoms with Gasteiger partial charge in [0.05, 0.1) is 34.5 Å². The van der Waals surface area contributed by atoms with Crippen LogP contribution in [0.25, 0.3) is 22.1 Å². The molecule has 10 nitrogen and oxygen atoms in total. The number of aliphatic hydroxyl groups excluding tert-OH is 1. The van der Waals surface area contributed by atoms with Gasteiger partial charge in [0.1, 0.15) is 23.7 Å². The van der Waals surface area contributed by atoms with Crippen LogP contribution in [0.5, 0.6) is 0 Å². The average Bonchev–Trinajstić information content (AvgIpc) is 3.30. The number of hydrogen-bond donors (Lipinski definition) is 4. The fraction of sp³-hybridized carbons (Fsp3) is 0.0952. The van der Waals surface area contributed by atoms with Gasteiger partial charge in [0, 0.05) is 0 Å². The second-order valence-corrected chi connectivity index (χ2v) is 7.47. The van der Waals surface area contributed by atoms with Gasteiger partial charge in [0.15, 0.2) is 17.3 Å². The van der Waals surface area contributed by atoms with Crippen molar-refractivity contribution >= 4 is 45.2 Å². The minimum absolute atomic E-state index is 0.160. The Kier molecular flexibility index (Phi) is 5.32. The molecule has 1 unspecified atom stereocenters. The summed E-state index contributed by atoms with van der Waals surface area (Å²) >= 11 is 6.28. The molecule has 33 heavy (non-hydrogen) atoms. The van der Waals surface area contributed by atoms with Crippen LogP contribution in [0, 0.1) is 5.82 Å². The highest BCUT2D eigenvalue weighted by molar-refractivity contribution is 6.35. The minimum atomic E-state index is -0.865. The summed E-state index contributed by atoms with van der Waals surface area (Å²) in [4.78, 5) is 33.3. The number of benzene rings is 2. The maximum absolute atomic E-state index is 13.4. The third kappa shape index (κ3) is 3.83. The van der Waals surface area contributed by atoms with Crippen molar-refractivity contribution in [3.8, 4) is 0 Å². The normalized spacial score (nSPS) is 12.2. The van der Waals surface area contributed by atoms with Crippen LogP contribution in [0.15, 0.2) is 59.9 Å². The van der Waals surface area contributed by atoms with E-state index >= 15 is 0 Å². The Labute approximate surface area is 190 Å². The second kappa shape index (κ2) is 8.45. The molecule has 12 heteroatoms. The van der Waals surface area contributed by atoms with E-state index in [4.69, 9.17) is 11.6 Å². The predicted octanol–water partition coefficient (Wildman–Crippen LogP) is 2.88. The van der Waals surface area contributed by atoms with E-state index in [1.165, 1.54) is 41.6 Å². The first kappa shape index (κ1) is 20.8. The van der Waals surface area contributed by atoms with Crippen LogP contribution in [0.4, 0.5) is 15.9 Å². The molecule has 0 saturated heterocycles. The molecule has 4 N–H and O–H groups in total. The summed E-state index contributed by atoms with van der Waals surface area (Å²) in [5.41, 5.74) is 4.20. The van der Waals surface area contributed by atoms with Gasteiger partial charge >= 0.3 is 0 Å². The number of imidazole rings is 1. The number of nitrogens with one attached hydrogen (secondary N) is 3. The summed E-state index contributed by atoms with van der Waals surface area (Å²) < 4.78 is 14.5. The Hall–Kier alpha value is -4.09. The van der Waals surface area contributed by atoms with Crippen LogP contribution >= 0.6 is 11.6 Å². The zero-order chi connectivity index (χ0) is 22.9. The summed E-state index contributed by atoms with van der Waals surface area (Å²) in [6, 6.07) is 9.52. The van der Waals surface area contributed by atoms with Gasteiger partial charge in [-0.25, -0.2) is 29.0 Å². The number of nitrogens with zero attached hydrogens (tertiary/aromatic N) is 5. The van der Waals surface area contributed by atoms with Crippen molar-refractivity contribution in [2.24, 2.45) is 0 Å². The third-order valence-corrected chi connectivity index (χ3v) is 5.30. The van der Waals surface area contributed by atoms with Gasteiger partial charge in [-0.2, -0.15) is 0 Å². The Morgan fingerprint density at radius 3 is 2.76 bits per heavy atom. The van der Waals surface area contributed by atoms with Gasteiger partial charge in [-0.1, -0.05) is 17.7 Å². The molecule has 2 aromatic carbocycles. The molecule has 5 aromatic rings. The second-order valence-electron chi connectivity index (χ2n) is 7.07. The standard InChI is InChI=1S/C21H16ClFN8O2/c22-13-2-1-3-14-16(13)21(33)31(30-12-6-4-11(23)5-7-12)20(29-14)15(8-32)28-19-17-18(25-9-24-17)26-10-27-19/h1-7,9-10,15,30,32H,8H2,(H2,24,25,26,27,28). The molecule has 0 radical (unpaired) electrons. The molecule has 3 heterocycles. The quantitative estimate of drug-likeness (QED) is 0.300. The Morgan fingerprint density at radius 1 is 1.15 bits per heavy atom. The highest BCUT2D eigenvalue weighted by Crippen LogP contribution is 2.24. The van der Waals surface area contributed by atoms with E-state index in [1.54, 1.807) is 18.2 Å². The number of aliphatic hydroxyl groups is 1. The molecular weight excluding hydrogens is 451 g/mol. The van der Waals surface area contributed by atoms with E-state index in [2.05, 4.69) is 35.7 Å². The van der Waals surface area contributed by atoms with Crippen molar-refractivity contribution < 1.29 is 9.50 Å². The van der Waals surface area contributed by atoms with Crippen molar-refractivity contribution in [2.75, 3.05) is 17.3 Å². The maximum Gasteiger partial charge on any atom is 0.281 e. The van der Waals surface area contributed by atoms with E-state index in [0.29, 0.717) is 28.2 Å². The van der Waals surface area contributed by atoms with Crippen LogP contribution in [-0.4, -0.2) is 41.3 Å². The van der Waals surface area contributed by atoms with Gasteiger partial charge in [0.2, 0.25) is 0 Å². The summed E-state index contributed by atoms with van der Waals surface area (Å²) in [5.74, 6) is 0.105. The van der Waals surface area contributed by atoms with Crippen LogP contribution in [-0.2, 0) is 0 Å². The zero-order valence-electron chi connectivity index (χ0n) is 16.8. The lowest BCUT2D eigenvalue weighted by Gasteiger charge is -2.22. The Balaban J connectivity index is 1.66. The zero-order valence-corrected chi connectivity index (χ0v) is 17.6. The maximum atomic E-state index is 13.4. The van der Waals surface area contributed by atoms with Gasteiger partial charge in [-0.3, -0.25) is 10.2 Å². The topological polar surface area (TPSA) is 134 Å². The number of anilines is 2. The Morgan fingerprint density at radius 2 is 1.97 bits per heavy atom. The molecule has 0 bridgehead atoms. The van der Waals surface area contributed by atoms with E-state index < -0.39 is 24.0 Å². The predicted molar refractivity (Wildman–Crippen MR) is 122 cm³/mol. The molecule has 0 amide bonds. The molecule has 1 atom stereocenters. The average molecular weight is 467 g/mol. The summed E-state index contributed by atoms with van der Waals surface area (Å²) in [7, 11) is 0. The van der Waals surface area contributed by atoms with E-state index in [9.17, 15) is 14.3 Å². The molecular formula is C21H16ClFN8O2. The number of rotatable bonds is 6. The largest absolute Gasteiger partial charge is 0.394 e. The van der Waals surface area contributed by atoms with Crippen molar-refractivity contribution in [3.05, 3.63) is 82.1 Å². The molecule has 0 fully saturated rings. The first-order chi connectivity index (χ1) is 16.0. The summed E-state index contributed by atoms with van der Waals surface area (Å²) in [6.45, 7) is -0.427. The van der Waals surface area contributed by atoms with Crippen LogP contribution in [0.2, 0.25) is 5.02 Å². The summed E-state index contributed by atoms with van der Waals surface area (Å²) in [6.07, 6.45) is 2.80. The van der Waals surface area contributed by atoms with Crippen molar-refractivity contribution in [3.63, 3.8) is 0 Å². The fourth-order valence-corrected chi connectivity index (χ4v) is 3.68. The van der Waals surface area contributed by atoms with Crippen LogP contribution in [0.3, 0.4) is 0 Å². The van der Waals surface area contributed by atoms with Gasteiger partial charge in [0.25, 0.3) is 5.56 Å². The fourth-order valence-electron chi connectivity index (χ4n) is 3.43. The highest BCUT2D eigenvalue weighted by atomic mass is 35.5. The van der Waals surface area contributed by atoms with Crippen molar-refractivity contribution in [1.82, 2.24) is 29.6 Å². The molecule has 0 aliphatic carbocycles. The monoisotopic (exact) mass is 466 g/mol. The molecule has 0 spiro atoms. The van der Waals surface area contributed by atoms with E-state index in [-0.39, 0.29) is 16.2 Å². The molecule has 166 valence electrons. The number of hydrogen-bond acceptors (Lipinski definition) is 8.